The summed E-state index contributed by atoms with van der Waals surface area (Å²) in [7, 11) is 0. The maximum absolute atomic E-state index is 9.18. The Labute approximate surface area is 68.4 Å². The Balaban J connectivity index is 2.63. The fourth-order valence-electron chi connectivity index (χ4n) is 1.14. The largest absolute Gasteiger partial charge is 0.411 e. The summed E-state index contributed by atoms with van der Waals surface area (Å²) in [4.78, 5) is 0.893. The Bertz CT molecular complexity index is 337. The van der Waals surface area contributed by atoms with Gasteiger partial charge < -0.3 is 5.21 Å². The molecule has 0 amide bonds. The second kappa shape index (κ2) is 2.21. The van der Waals surface area contributed by atoms with Crippen LogP contribution in [0.15, 0.2) is 0 Å². The van der Waals surface area contributed by atoms with Gasteiger partial charge in [0.2, 0.25) is 0 Å². The molecule has 1 aliphatic rings. The van der Waals surface area contributed by atoms with Gasteiger partial charge in [-0.25, -0.2) is 0 Å². The third-order valence-electron chi connectivity index (χ3n) is 1.69. The van der Waals surface area contributed by atoms with E-state index in [0.717, 1.165) is 27.6 Å². The lowest BCUT2D eigenvalue weighted by Gasteiger charge is -1.90. The van der Waals surface area contributed by atoms with Crippen molar-refractivity contribution >= 4 is 11.8 Å². The van der Waals surface area contributed by atoms with Crippen LogP contribution in [0.4, 0.5) is 0 Å². The van der Waals surface area contributed by atoms with Gasteiger partial charge in [-0.05, 0) is 5.92 Å². The molecular formula is C7H6N2OS. The van der Waals surface area contributed by atoms with Crippen molar-refractivity contribution in [1.29, 1.82) is 0 Å². The molecule has 2 heterocycles. The van der Waals surface area contributed by atoms with E-state index in [1.54, 1.807) is 11.8 Å². The van der Waals surface area contributed by atoms with Crippen LogP contribution in [0.1, 0.15) is 17.0 Å². The van der Waals surface area contributed by atoms with Gasteiger partial charge in [-0.1, -0.05) is 0 Å². The normalized spacial score (nSPS) is 14.5. The van der Waals surface area contributed by atoms with E-state index in [4.69, 9.17) is 6.42 Å². The first-order chi connectivity index (χ1) is 5.33. The van der Waals surface area contributed by atoms with Gasteiger partial charge in [0.25, 0.3) is 0 Å². The van der Waals surface area contributed by atoms with Crippen molar-refractivity contribution < 1.29 is 5.21 Å². The van der Waals surface area contributed by atoms with Crippen LogP contribution in [-0.4, -0.2) is 15.2 Å². The van der Waals surface area contributed by atoms with Crippen LogP contribution in [0.2, 0.25) is 0 Å². The Morgan fingerprint density at radius 3 is 3.18 bits per heavy atom. The van der Waals surface area contributed by atoms with Crippen molar-refractivity contribution in [3.05, 3.63) is 17.0 Å². The quantitative estimate of drug-likeness (QED) is 0.458. The smallest absolute Gasteiger partial charge is 0.142 e. The fraction of sp³-hybridized carbons (Fsp3) is 0.286. The number of fused-ring (bicyclic) bond motifs is 1. The predicted molar refractivity (Wildman–Crippen MR) is 42.3 cm³/mol. The zero-order chi connectivity index (χ0) is 7.84. The van der Waals surface area contributed by atoms with Gasteiger partial charge in [0.1, 0.15) is 5.69 Å². The molecule has 56 valence electrons. The van der Waals surface area contributed by atoms with Crippen molar-refractivity contribution in [2.45, 2.75) is 11.5 Å². The monoisotopic (exact) mass is 166 g/mol. The van der Waals surface area contributed by atoms with Crippen LogP contribution in [0.25, 0.3) is 0 Å². The summed E-state index contributed by atoms with van der Waals surface area (Å²) in [5.74, 6) is 4.12. The Morgan fingerprint density at radius 1 is 1.64 bits per heavy atom. The summed E-state index contributed by atoms with van der Waals surface area (Å²) < 4.78 is 0. The highest BCUT2D eigenvalue weighted by Gasteiger charge is 2.21. The molecule has 0 spiro atoms. The average molecular weight is 166 g/mol. The van der Waals surface area contributed by atoms with E-state index in [0.29, 0.717) is 5.69 Å². The molecule has 0 aliphatic carbocycles. The van der Waals surface area contributed by atoms with Crippen LogP contribution in [0.3, 0.4) is 0 Å². The van der Waals surface area contributed by atoms with Crippen molar-refractivity contribution in [2.75, 3.05) is 0 Å². The second-order valence-electron chi connectivity index (χ2n) is 2.30. The number of terminal acetylenes is 1. The van der Waals surface area contributed by atoms with Gasteiger partial charge in [-0.3, -0.25) is 0 Å². The summed E-state index contributed by atoms with van der Waals surface area (Å²) in [5, 5.41) is 13.0. The Hall–Kier alpha value is -1.08. The lowest BCUT2D eigenvalue weighted by atomic mass is 10.2. The van der Waals surface area contributed by atoms with Crippen molar-refractivity contribution in [3.8, 4) is 12.3 Å². The third kappa shape index (κ3) is 0.813. The molecule has 1 aromatic rings. The van der Waals surface area contributed by atoms with E-state index >= 15 is 0 Å². The molecule has 0 fully saturated rings. The van der Waals surface area contributed by atoms with Gasteiger partial charge in [-0.15, -0.1) is 16.4 Å². The topological polar surface area (TPSA) is 38.0 Å². The summed E-state index contributed by atoms with van der Waals surface area (Å²) in [6.07, 6.45) is 5.19. The minimum Gasteiger partial charge on any atom is -0.411 e. The summed E-state index contributed by atoms with van der Waals surface area (Å²) in [5.41, 5.74) is 2.44. The molecular weight excluding hydrogens is 160 g/mol. The highest BCUT2D eigenvalue weighted by molar-refractivity contribution is 7.98. The molecule has 0 aromatic carbocycles. The molecule has 0 atom stereocenters. The van der Waals surface area contributed by atoms with Gasteiger partial charge in [0.05, 0.1) is 5.69 Å². The molecule has 0 unspecified atom stereocenters. The maximum Gasteiger partial charge on any atom is 0.142 e. The van der Waals surface area contributed by atoms with E-state index in [9.17, 15) is 5.21 Å². The molecule has 1 aliphatic heterocycles. The highest BCUT2D eigenvalue weighted by atomic mass is 32.2. The van der Waals surface area contributed by atoms with E-state index in [1.165, 1.54) is 0 Å². The first-order valence-corrected chi connectivity index (χ1v) is 4.33. The number of hydrogen-bond acceptors (Lipinski definition) is 3. The third-order valence-corrected chi connectivity index (χ3v) is 2.66. The molecule has 3 nitrogen and oxygen atoms in total. The van der Waals surface area contributed by atoms with Crippen LogP contribution < -0.4 is 0 Å². The number of thioether (sulfide) groups is 1. The zero-order valence-electron chi connectivity index (χ0n) is 5.74. The van der Waals surface area contributed by atoms with Crippen LogP contribution in [0, 0.1) is 12.3 Å². The molecule has 0 radical (unpaired) electrons. The van der Waals surface area contributed by atoms with Crippen molar-refractivity contribution in [3.63, 3.8) is 0 Å². The SMILES string of the molecule is C#Cc1nn(O)c2c1CSC2. The summed E-state index contributed by atoms with van der Waals surface area (Å²) in [6.45, 7) is 0. The lowest BCUT2D eigenvalue weighted by molar-refractivity contribution is 0.142. The summed E-state index contributed by atoms with van der Waals surface area (Å²) in [6, 6.07) is 0. The standard InChI is InChI=1S/C7H6N2OS/c1-2-6-5-3-11-4-7(5)9(10)8-6/h1,10H,3-4H2. The Morgan fingerprint density at radius 2 is 2.45 bits per heavy atom. The molecule has 4 heteroatoms. The molecule has 0 saturated carbocycles. The number of rotatable bonds is 0. The number of nitrogens with zero attached hydrogens (tertiary/aromatic N) is 2. The predicted octanol–water partition coefficient (Wildman–Crippen LogP) is 0.848. The Kier molecular flexibility index (Phi) is 1.33. The van der Waals surface area contributed by atoms with Crippen LogP contribution in [-0.2, 0) is 11.5 Å². The van der Waals surface area contributed by atoms with Gasteiger partial charge in [0, 0.05) is 17.1 Å². The minimum absolute atomic E-state index is 0.576. The zero-order valence-corrected chi connectivity index (χ0v) is 6.56. The van der Waals surface area contributed by atoms with Gasteiger partial charge in [-0.2, -0.15) is 11.8 Å². The first kappa shape index (κ1) is 6.62. The fourth-order valence-corrected chi connectivity index (χ4v) is 2.23. The maximum atomic E-state index is 9.18. The van der Waals surface area contributed by atoms with E-state index in [1.807, 2.05) is 0 Å². The molecule has 0 bridgehead atoms. The molecule has 1 N–H and O–H groups in total. The van der Waals surface area contributed by atoms with Gasteiger partial charge in [0.15, 0.2) is 0 Å². The van der Waals surface area contributed by atoms with E-state index < -0.39 is 0 Å². The van der Waals surface area contributed by atoms with Crippen LogP contribution >= 0.6 is 11.8 Å². The van der Waals surface area contributed by atoms with Gasteiger partial charge >= 0.3 is 0 Å². The molecule has 11 heavy (non-hydrogen) atoms. The molecule has 2 rings (SSSR count). The van der Waals surface area contributed by atoms with Crippen molar-refractivity contribution in [1.82, 2.24) is 9.94 Å². The number of aromatic nitrogens is 2. The van der Waals surface area contributed by atoms with E-state index in [2.05, 4.69) is 11.0 Å². The van der Waals surface area contributed by atoms with Crippen molar-refractivity contribution in [2.24, 2.45) is 0 Å². The first-order valence-electron chi connectivity index (χ1n) is 3.17. The second-order valence-corrected chi connectivity index (χ2v) is 3.29. The highest BCUT2D eigenvalue weighted by Crippen LogP contribution is 2.30. The van der Waals surface area contributed by atoms with Crippen LogP contribution in [0.5, 0.6) is 0 Å². The molecule has 1 aromatic heterocycles. The van der Waals surface area contributed by atoms with E-state index in [-0.39, 0.29) is 0 Å². The minimum atomic E-state index is 0.576. The summed E-state index contributed by atoms with van der Waals surface area (Å²) >= 11 is 1.74. The number of hydrogen-bond donors (Lipinski definition) is 1. The average Bonchev–Trinajstić information content (AvgIpc) is 2.54. The lowest BCUT2D eigenvalue weighted by Crippen LogP contribution is -1.96. The molecule has 0 saturated heterocycles.